The highest BCUT2D eigenvalue weighted by molar-refractivity contribution is 7.19. The second-order valence-electron chi connectivity index (χ2n) is 5.49. The first kappa shape index (κ1) is 13.7. The summed E-state index contributed by atoms with van der Waals surface area (Å²) in [6, 6.07) is 0. The Balaban J connectivity index is 1.91. The second kappa shape index (κ2) is 5.66. The third-order valence-corrected chi connectivity index (χ3v) is 5.19. The number of H-pyrrole nitrogens is 1. The van der Waals surface area contributed by atoms with E-state index in [0.29, 0.717) is 18.9 Å². The number of hydrogen-bond donors (Lipinski definition) is 3. The highest BCUT2D eigenvalue weighted by Crippen LogP contribution is 2.39. The van der Waals surface area contributed by atoms with Crippen molar-refractivity contribution < 1.29 is 0 Å². The van der Waals surface area contributed by atoms with E-state index in [1.165, 1.54) is 28.7 Å². The summed E-state index contributed by atoms with van der Waals surface area (Å²) in [6.07, 6.45) is 8.38. The van der Waals surface area contributed by atoms with Crippen molar-refractivity contribution in [2.45, 2.75) is 25.7 Å². The maximum atomic E-state index is 5.65. The van der Waals surface area contributed by atoms with E-state index in [4.69, 9.17) is 15.7 Å². The highest BCUT2D eigenvalue weighted by atomic mass is 32.1. The lowest BCUT2D eigenvalue weighted by molar-refractivity contribution is 0.700. The largest absolute Gasteiger partial charge is 0.368 e. The molecule has 3 aromatic rings. The molecule has 0 aromatic carbocycles. The molecule has 0 saturated heterocycles. The molecule has 3 aromatic heterocycles. The van der Waals surface area contributed by atoms with E-state index in [1.807, 2.05) is 6.20 Å². The molecule has 3 heterocycles. The fraction of sp³-hybridized carbons (Fsp3) is 0.400. The third kappa shape index (κ3) is 2.26. The second-order valence-corrected chi connectivity index (χ2v) is 6.57. The van der Waals surface area contributed by atoms with Crippen LogP contribution in [0.2, 0.25) is 0 Å². The molecule has 6 nitrogen and oxygen atoms in total. The van der Waals surface area contributed by atoms with Crippen molar-refractivity contribution in [3.63, 3.8) is 0 Å². The molecule has 0 bridgehead atoms. The summed E-state index contributed by atoms with van der Waals surface area (Å²) in [5.41, 5.74) is 7.99. The fourth-order valence-corrected chi connectivity index (χ4v) is 4.24. The van der Waals surface area contributed by atoms with Gasteiger partial charge in [-0.05, 0) is 31.2 Å². The van der Waals surface area contributed by atoms with E-state index >= 15 is 0 Å². The van der Waals surface area contributed by atoms with Gasteiger partial charge in [-0.25, -0.2) is 9.97 Å². The van der Waals surface area contributed by atoms with E-state index in [9.17, 15) is 0 Å². The molecule has 4 N–H and O–H groups in total. The zero-order valence-electron chi connectivity index (χ0n) is 12.2. The fourth-order valence-electron chi connectivity index (χ4n) is 2.98. The quantitative estimate of drug-likeness (QED) is 0.687. The van der Waals surface area contributed by atoms with Crippen LogP contribution in [0.5, 0.6) is 0 Å². The lowest BCUT2D eigenvalue weighted by Gasteiger charge is -2.12. The van der Waals surface area contributed by atoms with Crippen molar-refractivity contribution >= 4 is 27.4 Å². The average Bonchev–Trinajstić information content (AvgIpc) is 3.19. The monoisotopic (exact) mass is 314 g/mol. The molecule has 4 rings (SSSR count). The molecule has 0 unspecified atom stereocenters. The third-order valence-electron chi connectivity index (χ3n) is 4.01. The van der Waals surface area contributed by atoms with Crippen LogP contribution in [0.1, 0.15) is 23.3 Å². The van der Waals surface area contributed by atoms with Crippen molar-refractivity contribution in [1.29, 1.82) is 0 Å². The number of nitrogens with zero attached hydrogens (tertiary/aromatic N) is 3. The van der Waals surface area contributed by atoms with E-state index in [2.05, 4.69) is 15.5 Å². The van der Waals surface area contributed by atoms with Gasteiger partial charge in [0.15, 0.2) is 5.82 Å². The standard InChI is InChI=1S/C15H18N6S/c16-5-6-17-14-12-10-3-1-2-4-11(10)22-15(12)21-13(20-14)9-7-18-19-8-9/h7-8H,1-6,16H2,(H,18,19)(H,17,20,21). The van der Waals surface area contributed by atoms with Gasteiger partial charge in [-0.2, -0.15) is 5.10 Å². The highest BCUT2D eigenvalue weighted by Gasteiger charge is 2.21. The van der Waals surface area contributed by atoms with Crippen LogP contribution in [-0.2, 0) is 12.8 Å². The number of nitrogens with one attached hydrogen (secondary N) is 2. The SMILES string of the molecule is NCCNc1nc(-c2cn[nH]c2)nc2sc3c(c12)CCCC3. The Bertz CT molecular complexity index is 792. The van der Waals surface area contributed by atoms with Crippen LogP contribution in [-0.4, -0.2) is 33.3 Å². The molecule has 114 valence electrons. The molecule has 0 atom stereocenters. The Kier molecular flexibility index (Phi) is 3.51. The minimum Gasteiger partial charge on any atom is -0.368 e. The Morgan fingerprint density at radius 3 is 3.00 bits per heavy atom. The normalized spacial score (nSPS) is 14.2. The van der Waals surface area contributed by atoms with Crippen LogP contribution in [0.4, 0.5) is 5.82 Å². The van der Waals surface area contributed by atoms with Gasteiger partial charge in [-0.1, -0.05) is 0 Å². The Hall–Kier alpha value is -1.99. The number of thiophene rings is 1. The van der Waals surface area contributed by atoms with Gasteiger partial charge in [0.1, 0.15) is 10.6 Å². The van der Waals surface area contributed by atoms with E-state index in [1.54, 1.807) is 17.5 Å². The van der Waals surface area contributed by atoms with Crippen LogP contribution in [0.25, 0.3) is 21.6 Å². The number of rotatable bonds is 4. The number of nitrogens with two attached hydrogens (primary N) is 1. The van der Waals surface area contributed by atoms with Crippen LogP contribution in [0.15, 0.2) is 12.4 Å². The molecule has 1 aliphatic rings. The Morgan fingerprint density at radius 1 is 1.27 bits per heavy atom. The zero-order chi connectivity index (χ0) is 14.9. The van der Waals surface area contributed by atoms with Gasteiger partial charge in [0, 0.05) is 24.2 Å². The first-order chi connectivity index (χ1) is 10.9. The number of aromatic nitrogens is 4. The summed E-state index contributed by atoms with van der Waals surface area (Å²) in [5.74, 6) is 1.62. The molecular formula is C15H18N6S. The van der Waals surface area contributed by atoms with E-state index in [-0.39, 0.29) is 0 Å². The van der Waals surface area contributed by atoms with Crippen molar-refractivity contribution in [3.05, 3.63) is 22.8 Å². The van der Waals surface area contributed by atoms with E-state index < -0.39 is 0 Å². The van der Waals surface area contributed by atoms with Crippen molar-refractivity contribution in [3.8, 4) is 11.4 Å². The summed E-state index contributed by atoms with van der Waals surface area (Å²) < 4.78 is 0. The van der Waals surface area contributed by atoms with Crippen LogP contribution in [0.3, 0.4) is 0 Å². The summed E-state index contributed by atoms with van der Waals surface area (Å²) >= 11 is 1.81. The lowest BCUT2D eigenvalue weighted by atomic mass is 9.97. The summed E-state index contributed by atoms with van der Waals surface area (Å²) in [5, 5.41) is 11.4. The predicted molar refractivity (Wildman–Crippen MR) is 89.2 cm³/mol. The summed E-state index contributed by atoms with van der Waals surface area (Å²) in [7, 11) is 0. The van der Waals surface area contributed by atoms with Gasteiger partial charge in [0.2, 0.25) is 0 Å². The number of aromatic amines is 1. The van der Waals surface area contributed by atoms with Crippen molar-refractivity contribution in [2.24, 2.45) is 5.73 Å². The maximum Gasteiger partial charge on any atom is 0.166 e. The molecular weight excluding hydrogens is 296 g/mol. The topological polar surface area (TPSA) is 92.5 Å². The first-order valence-corrected chi connectivity index (χ1v) is 8.44. The van der Waals surface area contributed by atoms with Crippen LogP contribution >= 0.6 is 11.3 Å². The average molecular weight is 314 g/mol. The number of fused-ring (bicyclic) bond motifs is 3. The predicted octanol–water partition coefficient (Wildman–Crippen LogP) is 2.33. The van der Waals surface area contributed by atoms with Gasteiger partial charge in [-0.15, -0.1) is 11.3 Å². The van der Waals surface area contributed by atoms with Gasteiger partial charge in [-0.3, -0.25) is 5.10 Å². The van der Waals surface area contributed by atoms with Crippen LogP contribution in [0, 0.1) is 0 Å². The number of aryl methyl sites for hydroxylation is 2. The molecule has 0 amide bonds. The molecule has 0 aliphatic heterocycles. The molecule has 0 saturated carbocycles. The molecule has 0 spiro atoms. The molecule has 1 aliphatic carbocycles. The van der Waals surface area contributed by atoms with Gasteiger partial charge >= 0.3 is 0 Å². The zero-order valence-corrected chi connectivity index (χ0v) is 13.0. The minimum atomic E-state index is 0.582. The van der Waals surface area contributed by atoms with Crippen molar-refractivity contribution in [1.82, 2.24) is 20.2 Å². The molecule has 22 heavy (non-hydrogen) atoms. The van der Waals surface area contributed by atoms with Gasteiger partial charge in [0.25, 0.3) is 0 Å². The molecule has 0 radical (unpaired) electrons. The smallest absolute Gasteiger partial charge is 0.166 e. The van der Waals surface area contributed by atoms with Crippen molar-refractivity contribution in [2.75, 3.05) is 18.4 Å². The van der Waals surface area contributed by atoms with Gasteiger partial charge in [0.05, 0.1) is 17.1 Å². The minimum absolute atomic E-state index is 0.582. The number of anilines is 1. The Labute approximate surface area is 132 Å². The van der Waals surface area contributed by atoms with E-state index in [0.717, 1.165) is 29.1 Å². The molecule has 0 fully saturated rings. The lowest BCUT2D eigenvalue weighted by Crippen LogP contribution is -2.14. The van der Waals surface area contributed by atoms with Crippen LogP contribution < -0.4 is 11.1 Å². The number of hydrogen-bond acceptors (Lipinski definition) is 6. The maximum absolute atomic E-state index is 5.65. The summed E-state index contributed by atoms with van der Waals surface area (Å²) in [4.78, 5) is 12.0. The summed E-state index contributed by atoms with van der Waals surface area (Å²) in [6.45, 7) is 1.29. The van der Waals surface area contributed by atoms with Gasteiger partial charge < -0.3 is 11.1 Å². The first-order valence-electron chi connectivity index (χ1n) is 7.62. The Morgan fingerprint density at radius 2 is 2.18 bits per heavy atom. The molecule has 7 heteroatoms.